The fourth-order valence-corrected chi connectivity index (χ4v) is 2.74. The van der Waals surface area contributed by atoms with Crippen LogP contribution in [0.4, 0.5) is 0 Å². The van der Waals surface area contributed by atoms with Crippen LogP contribution in [-0.2, 0) is 13.1 Å². The minimum atomic E-state index is 0.521. The smallest absolute Gasteiger partial charge is 0.219 e. The number of benzene rings is 2. The Bertz CT molecular complexity index is 974. The van der Waals surface area contributed by atoms with Crippen LogP contribution in [0.15, 0.2) is 71.9 Å². The van der Waals surface area contributed by atoms with Gasteiger partial charge in [0.1, 0.15) is 17.2 Å². The van der Waals surface area contributed by atoms with Crippen molar-refractivity contribution in [2.24, 2.45) is 4.99 Å². The lowest BCUT2D eigenvalue weighted by Crippen LogP contribution is -2.36. The third kappa shape index (κ3) is 6.13. The average Bonchev–Trinajstić information content (AvgIpc) is 2.80. The largest absolute Gasteiger partial charge is 0.497 e. The molecule has 0 fully saturated rings. The first-order valence-corrected chi connectivity index (χ1v) is 9.54. The van der Waals surface area contributed by atoms with Gasteiger partial charge in [0.15, 0.2) is 5.96 Å². The molecular weight excluding hydrogens is 380 g/mol. The van der Waals surface area contributed by atoms with Crippen molar-refractivity contribution in [2.45, 2.75) is 13.1 Å². The summed E-state index contributed by atoms with van der Waals surface area (Å²) in [5.41, 5.74) is 2.12. The third-order valence-corrected chi connectivity index (χ3v) is 4.34. The predicted molar refractivity (Wildman–Crippen MR) is 117 cm³/mol. The zero-order valence-corrected chi connectivity index (χ0v) is 17.4. The molecule has 7 heteroatoms. The molecule has 3 aromatic rings. The molecule has 0 unspecified atom stereocenters. The van der Waals surface area contributed by atoms with Gasteiger partial charge in [-0.15, -0.1) is 0 Å². The fraction of sp³-hybridized carbons (Fsp3) is 0.217. The van der Waals surface area contributed by atoms with Gasteiger partial charge in [-0.25, -0.2) is 4.98 Å². The molecule has 156 valence electrons. The van der Waals surface area contributed by atoms with E-state index in [1.54, 1.807) is 27.5 Å². The minimum Gasteiger partial charge on any atom is -0.497 e. The highest BCUT2D eigenvalue weighted by Crippen LogP contribution is 2.23. The first kappa shape index (κ1) is 21.0. The molecule has 30 heavy (non-hydrogen) atoms. The van der Waals surface area contributed by atoms with E-state index < -0.39 is 0 Å². The maximum absolute atomic E-state index is 5.77. The van der Waals surface area contributed by atoms with E-state index in [1.807, 2.05) is 60.7 Å². The summed E-state index contributed by atoms with van der Waals surface area (Å²) in [4.78, 5) is 8.63. The summed E-state index contributed by atoms with van der Waals surface area (Å²) >= 11 is 0. The van der Waals surface area contributed by atoms with Crippen LogP contribution in [0.3, 0.4) is 0 Å². The minimum absolute atomic E-state index is 0.521. The predicted octanol–water partition coefficient (Wildman–Crippen LogP) is 3.76. The third-order valence-electron chi connectivity index (χ3n) is 4.34. The molecule has 2 aromatic carbocycles. The molecule has 0 atom stereocenters. The molecule has 0 saturated heterocycles. The quantitative estimate of drug-likeness (QED) is 0.438. The van der Waals surface area contributed by atoms with Crippen LogP contribution in [-0.4, -0.2) is 32.2 Å². The summed E-state index contributed by atoms with van der Waals surface area (Å²) in [5.74, 6) is 3.47. The summed E-state index contributed by atoms with van der Waals surface area (Å²) < 4.78 is 16.2. The van der Waals surface area contributed by atoms with E-state index in [0.717, 1.165) is 22.6 Å². The SMILES string of the molecule is CN=C(NCc1ccc(Oc2cccc(OC)c2)nc1)NCc1cccc(OC)c1. The Kier molecular flexibility index (Phi) is 7.49. The molecule has 0 aliphatic rings. The van der Waals surface area contributed by atoms with Gasteiger partial charge in [0.05, 0.1) is 14.2 Å². The summed E-state index contributed by atoms with van der Waals surface area (Å²) in [5, 5.41) is 6.57. The van der Waals surface area contributed by atoms with Crippen molar-refractivity contribution in [3.8, 4) is 23.1 Å². The number of nitrogens with one attached hydrogen (secondary N) is 2. The van der Waals surface area contributed by atoms with Crippen LogP contribution in [0.1, 0.15) is 11.1 Å². The lowest BCUT2D eigenvalue weighted by atomic mass is 10.2. The molecule has 7 nitrogen and oxygen atoms in total. The van der Waals surface area contributed by atoms with Gasteiger partial charge in [0.25, 0.3) is 0 Å². The van der Waals surface area contributed by atoms with Gasteiger partial charge in [-0.2, -0.15) is 0 Å². The summed E-state index contributed by atoms with van der Waals surface area (Å²) in [6.45, 7) is 1.23. The highest BCUT2D eigenvalue weighted by Gasteiger charge is 2.03. The van der Waals surface area contributed by atoms with Crippen LogP contribution in [0, 0.1) is 0 Å². The number of rotatable bonds is 8. The first-order valence-electron chi connectivity index (χ1n) is 9.54. The van der Waals surface area contributed by atoms with E-state index in [2.05, 4.69) is 20.6 Å². The second kappa shape index (κ2) is 10.7. The van der Waals surface area contributed by atoms with E-state index in [0.29, 0.717) is 30.7 Å². The second-order valence-corrected chi connectivity index (χ2v) is 6.42. The second-order valence-electron chi connectivity index (χ2n) is 6.42. The highest BCUT2D eigenvalue weighted by atomic mass is 16.5. The number of hydrogen-bond donors (Lipinski definition) is 2. The summed E-state index contributed by atoms with van der Waals surface area (Å²) in [6, 6.07) is 19.1. The van der Waals surface area contributed by atoms with Crippen molar-refractivity contribution in [3.05, 3.63) is 78.0 Å². The van der Waals surface area contributed by atoms with Crippen molar-refractivity contribution >= 4 is 5.96 Å². The van der Waals surface area contributed by atoms with E-state index in [1.165, 1.54) is 0 Å². The molecule has 3 rings (SSSR count). The number of aliphatic imine (C=N–C) groups is 1. The number of hydrogen-bond acceptors (Lipinski definition) is 5. The molecule has 1 aromatic heterocycles. The van der Waals surface area contributed by atoms with Crippen molar-refractivity contribution in [3.63, 3.8) is 0 Å². The highest BCUT2D eigenvalue weighted by molar-refractivity contribution is 5.79. The van der Waals surface area contributed by atoms with Crippen LogP contribution in [0.25, 0.3) is 0 Å². The average molecular weight is 406 g/mol. The maximum Gasteiger partial charge on any atom is 0.219 e. The lowest BCUT2D eigenvalue weighted by molar-refractivity contribution is 0.407. The van der Waals surface area contributed by atoms with Gasteiger partial charge >= 0.3 is 0 Å². The Balaban J connectivity index is 1.50. The lowest BCUT2D eigenvalue weighted by Gasteiger charge is -2.13. The molecule has 0 radical (unpaired) electrons. The van der Waals surface area contributed by atoms with Gasteiger partial charge < -0.3 is 24.8 Å². The zero-order chi connectivity index (χ0) is 21.2. The van der Waals surface area contributed by atoms with Gasteiger partial charge in [0, 0.05) is 38.5 Å². The molecule has 1 heterocycles. The van der Waals surface area contributed by atoms with Gasteiger partial charge in [0.2, 0.25) is 5.88 Å². The van der Waals surface area contributed by atoms with Gasteiger partial charge in [-0.3, -0.25) is 4.99 Å². The monoisotopic (exact) mass is 406 g/mol. The molecule has 0 aliphatic heterocycles. The van der Waals surface area contributed by atoms with Crippen molar-refractivity contribution in [1.29, 1.82) is 0 Å². The van der Waals surface area contributed by atoms with Gasteiger partial charge in [-0.05, 0) is 35.4 Å². The standard InChI is InChI=1S/C23H26N4O3/c1-24-23(26-14-17-6-4-7-19(12-17)28-2)27-16-18-10-11-22(25-15-18)30-21-9-5-8-20(13-21)29-3/h4-13,15H,14,16H2,1-3H3,(H2,24,26,27). The van der Waals surface area contributed by atoms with Crippen molar-refractivity contribution in [2.75, 3.05) is 21.3 Å². The zero-order valence-electron chi connectivity index (χ0n) is 17.4. The Hall–Kier alpha value is -3.74. The number of pyridine rings is 1. The number of aromatic nitrogens is 1. The summed E-state index contributed by atoms with van der Waals surface area (Å²) in [6.07, 6.45) is 1.78. The van der Waals surface area contributed by atoms with E-state index in [9.17, 15) is 0 Å². The summed E-state index contributed by atoms with van der Waals surface area (Å²) in [7, 11) is 5.02. The Morgan fingerprint density at radius 2 is 1.50 bits per heavy atom. The number of nitrogens with zero attached hydrogens (tertiary/aromatic N) is 2. The van der Waals surface area contributed by atoms with Crippen molar-refractivity contribution < 1.29 is 14.2 Å². The van der Waals surface area contributed by atoms with Crippen LogP contribution in [0.5, 0.6) is 23.1 Å². The molecule has 0 bridgehead atoms. The van der Waals surface area contributed by atoms with Crippen LogP contribution < -0.4 is 24.8 Å². The topological polar surface area (TPSA) is 77.0 Å². The Morgan fingerprint density at radius 3 is 2.17 bits per heavy atom. The first-order chi connectivity index (χ1) is 14.7. The molecule has 0 aliphatic carbocycles. The Labute approximate surface area is 176 Å². The molecule has 0 amide bonds. The van der Waals surface area contributed by atoms with Crippen LogP contribution >= 0.6 is 0 Å². The number of methoxy groups -OCH3 is 2. The van der Waals surface area contributed by atoms with Crippen molar-refractivity contribution in [1.82, 2.24) is 15.6 Å². The Morgan fingerprint density at radius 1 is 0.833 bits per heavy atom. The molecule has 2 N–H and O–H groups in total. The molecular formula is C23H26N4O3. The van der Waals surface area contributed by atoms with E-state index in [-0.39, 0.29) is 0 Å². The number of ether oxygens (including phenoxy) is 3. The maximum atomic E-state index is 5.77. The fourth-order valence-electron chi connectivity index (χ4n) is 2.74. The van der Waals surface area contributed by atoms with E-state index in [4.69, 9.17) is 14.2 Å². The van der Waals surface area contributed by atoms with Gasteiger partial charge in [-0.1, -0.05) is 24.3 Å². The molecule has 0 saturated carbocycles. The van der Waals surface area contributed by atoms with E-state index >= 15 is 0 Å². The molecule has 0 spiro atoms. The normalized spacial score (nSPS) is 11.0. The van der Waals surface area contributed by atoms with Crippen LogP contribution in [0.2, 0.25) is 0 Å². The number of guanidine groups is 1.